The summed E-state index contributed by atoms with van der Waals surface area (Å²) >= 11 is 0. The summed E-state index contributed by atoms with van der Waals surface area (Å²) in [6.07, 6.45) is 5.00. The lowest BCUT2D eigenvalue weighted by atomic mass is 9.88. The van der Waals surface area contributed by atoms with Gasteiger partial charge in [-0.3, -0.25) is 0 Å². The van der Waals surface area contributed by atoms with Crippen molar-refractivity contribution in [1.29, 1.82) is 0 Å². The largest absolute Gasteiger partial charge is 0.497 e. The molecule has 2 aromatic carbocycles. The summed E-state index contributed by atoms with van der Waals surface area (Å²) in [6, 6.07) is 12.7. The minimum Gasteiger partial charge on any atom is -0.497 e. The first-order valence-electron chi connectivity index (χ1n) is 7.95. The normalized spacial score (nSPS) is 16.1. The monoisotopic (exact) mass is 292 g/mol. The summed E-state index contributed by atoms with van der Waals surface area (Å²) in [5.41, 5.74) is 6.62. The zero-order valence-electron chi connectivity index (χ0n) is 13.1. The molecule has 2 aliphatic rings. The molecule has 22 heavy (non-hydrogen) atoms. The molecule has 4 rings (SSSR count). The van der Waals surface area contributed by atoms with Crippen LogP contribution in [0.5, 0.6) is 17.2 Å². The van der Waals surface area contributed by atoms with Gasteiger partial charge >= 0.3 is 0 Å². The lowest BCUT2D eigenvalue weighted by Gasteiger charge is -2.25. The highest BCUT2D eigenvalue weighted by Crippen LogP contribution is 2.48. The van der Waals surface area contributed by atoms with Crippen molar-refractivity contribution in [3.05, 3.63) is 58.7 Å². The van der Waals surface area contributed by atoms with Gasteiger partial charge in [-0.15, -0.1) is 0 Å². The fourth-order valence-corrected chi connectivity index (χ4v) is 3.54. The van der Waals surface area contributed by atoms with E-state index in [0.717, 1.165) is 17.2 Å². The molecule has 2 aromatic rings. The van der Waals surface area contributed by atoms with Gasteiger partial charge in [-0.1, -0.05) is 17.7 Å². The van der Waals surface area contributed by atoms with E-state index in [2.05, 4.69) is 31.2 Å². The van der Waals surface area contributed by atoms with Gasteiger partial charge in [0, 0.05) is 17.2 Å². The van der Waals surface area contributed by atoms with Crippen molar-refractivity contribution in [1.82, 2.24) is 0 Å². The number of allylic oxidation sites excluding steroid dienone is 1. The highest BCUT2D eigenvalue weighted by Gasteiger charge is 2.26. The predicted octanol–water partition coefficient (Wildman–Crippen LogP) is 5.49. The summed E-state index contributed by atoms with van der Waals surface area (Å²) in [7, 11) is 1.69. The van der Waals surface area contributed by atoms with Crippen LogP contribution in [0.15, 0.2) is 42.0 Å². The maximum Gasteiger partial charge on any atom is 0.138 e. The van der Waals surface area contributed by atoms with Gasteiger partial charge in [-0.05, 0) is 61.9 Å². The number of hydrogen-bond donors (Lipinski definition) is 0. The fourth-order valence-electron chi connectivity index (χ4n) is 3.54. The number of ether oxygens (including phenoxy) is 2. The van der Waals surface area contributed by atoms with E-state index in [0.29, 0.717) is 0 Å². The van der Waals surface area contributed by atoms with Crippen molar-refractivity contribution < 1.29 is 9.47 Å². The second-order valence-corrected chi connectivity index (χ2v) is 6.15. The second-order valence-electron chi connectivity index (χ2n) is 6.15. The number of hydrogen-bond acceptors (Lipinski definition) is 2. The Balaban J connectivity index is 1.96. The first-order valence-corrected chi connectivity index (χ1v) is 7.95. The number of rotatable bonds is 1. The van der Waals surface area contributed by atoms with Crippen LogP contribution in [0.2, 0.25) is 0 Å². The molecule has 1 fully saturated rings. The van der Waals surface area contributed by atoms with Crippen molar-refractivity contribution in [3.63, 3.8) is 0 Å². The Morgan fingerprint density at radius 1 is 0.909 bits per heavy atom. The summed E-state index contributed by atoms with van der Waals surface area (Å²) < 4.78 is 11.5. The van der Waals surface area contributed by atoms with E-state index >= 15 is 0 Å². The van der Waals surface area contributed by atoms with E-state index < -0.39 is 0 Å². The Bertz CT molecular complexity index is 763. The van der Waals surface area contributed by atoms with Crippen LogP contribution in [0.25, 0.3) is 5.57 Å². The molecule has 1 aliphatic heterocycles. The van der Waals surface area contributed by atoms with Gasteiger partial charge in [0.25, 0.3) is 0 Å². The summed E-state index contributed by atoms with van der Waals surface area (Å²) in [6.45, 7) is 2.10. The van der Waals surface area contributed by atoms with Crippen LogP contribution in [0.1, 0.15) is 42.4 Å². The van der Waals surface area contributed by atoms with Gasteiger partial charge in [0.05, 0.1) is 7.11 Å². The third-order valence-electron chi connectivity index (χ3n) is 4.65. The van der Waals surface area contributed by atoms with E-state index in [1.807, 2.05) is 12.1 Å². The molecule has 0 spiro atoms. The molecule has 1 heterocycles. The Labute approximate surface area is 131 Å². The number of aryl methyl sites for hydroxylation is 1. The third kappa shape index (κ3) is 2.10. The molecule has 0 amide bonds. The Hall–Kier alpha value is -2.22. The fraction of sp³-hybridized carbons (Fsp3) is 0.300. The van der Waals surface area contributed by atoms with E-state index in [-0.39, 0.29) is 0 Å². The smallest absolute Gasteiger partial charge is 0.138 e. The first kappa shape index (κ1) is 13.4. The molecule has 0 N–H and O–H groups in total. The average Bonchev–Trinajstić information content (AvgIpc) is 3.05. The molecule has 0 aromatic heterocycles. The van der Waals surface area contributed by atoms with Crippen molar-refractivity contribution in [2.24, 2.45) is 0 Å². The quantitative estimate of drug-likeness (QED) is 0.591. The topological polar surface area (TPSA) is 18.5 Å². The minimum absolute atomic E-state index is 0.839. The van der Waals surface area contributed by atoms with Crippen LogP contribution in [0.4, 0.5) is 0 Å². The van der Waals surface area contributed by atoms with E-state index in [1.165, 1.54) is 47.9 Å². The van der Waals surface area contributed by atoms with Crippen LogP contribution in [-0.2, 0) is 0 Å². The molecule has 0 atom stereocenters. The Kier molecular flexibility index (Phi) is 3.18. The summed E-state index contributed by atoms with van der Waals surface area (Å²) in [4.78, 5) is 0. The SMILES string of the molecule is COc1ccc2c(c1)Oc1cc(C)ccc1C2=C1CCCC1. The van der Waals surface area contributed by atoms with Crippen molar-refractivity contribution in [2.45, 2.75) is 32.6 Å². The second kappa shape index (κ2) is 5.20. The van der Waals surface area contributed by atoms with E-state index in [1.54, 1.807) is 12.7 Å². The van der Waals surface area contributed by atoms with Crippen LogP contribution in [0, 0.1) is 6.92 Å². The zero-order chi connectivity index (χ0) is 15.1. The first-order chi connectivity index (χ1) is 10.8. The zero-order valence-corrected chi connectivity index (χ0v) is 13.1. The van der Waals surface area contributed by atoms with Gasteiger partial charge in [-0.25, -0.2) is 0 Å². The maximum absolute atomic E-state index is 6.18. The van der Waals surface area contributed by atoms with Gasteiger partial charge in [0.2, 0.25) is 0 Å². The minimum atomic E-state index is 0.839. The molecular weight excluding hydrogens is 272 g/mol. The number of methoxy groups -OCH3 is 1. The molecule has 1 aliphatic carbocycles. The summed E-state index contributed by atoms with van der Waals surface area (Å²) in [5, 5.41) is 0. The van der Waals surface area contributed by atoms with Gasteiger partial charge in [0.15, 0.2) is 0 Å². The molecule has 0 saturated heterocycles. The molecule has 1 saturated carbocycles. The highest BCUT2D eigenvalue weighted by atomic mass is 16.5. The average molecular weight is 292 g/mol. The lowest BCUT2D eigenvalue weighted by Crippen LogP contribution is -2.05. The standard InChI is InChI=1S/C20H20O2/c1-13-7-9-16-18(11-13)22-19-12-15(21-2)8-10-17(19)20(16)14-5-3-4-6-14/h7-12H,3-6H2,1-2H3. The molecule has 2 heteroatoms. The maximum atomic E-state index is 6.18. The van der Waals surface area contributed by atoms with Crippen molar-refractivity contribution >= 4 is 5.57 Å². The Morgan fingerprint density at radius 3 is 2.32 bits per heavy atom. The Morgan fingerprint density at radius 2 is 1.59 bits per heavy atom. The molecule has 2 nitrogen and oxygen atoms in total. The van der Waals surface area contributed by atoms with E-state index in [9.17, 15) is 0 Å². The lowest BCUT2D eigenvalue weighted by molar-refractivity contribution is 0.408. The molecule has 112 valence electrons. The molecule has 0 radical (unpaired) electrons. The highest BCUT2D eigenvalue weighted by molar-refractivity contribution is 5.90. The van der Waals surface area contributed by atoms with Gasteiger partial charge in [-0.2, -0.15) is 0 Å². The van der Waals surface area contributed by atoms with Crippen LogP contribution in [0.3, 0.4) is 0 Å². The molecular formula is C20H20O2. The predicted molar refractivity (Wildman–Crippen MR) is 88.7 cm³/mol. The van der Waals surface area contributed by atoms with E-state index in [4.69, 9.17) is 9.47 Å². The third-order valence-corrected chi connectivity index (χ3v) is 4.65. The van der Waals surface area contributed by atoms with Crippen molar-refractivity contribution in [3.8, 4) is 17.2 Å². The molecule has 0 bridgehead atoms. The summed E-state index contributed by atoms with van der Waals surface area (Å²) in [5.74, 6) is 2.72. The molecule has 0 unspecified atom stereocenters. The van der Waals surface area contributed by atoms with Crippen LogP contribution in [-0.4, -0.2) is 7.11 Å². The van der Waals surface area contributed by atoms with Gasteiger partial charge < -0.3 is 9.47 Å². The number of fused-ring (bicyclic) bond motifs is 2. The van der Waals surface area contributed by atoms with Crippen LogP contribution < -0.4 is 9.47 Å². The van der Waals surface area contributed by atoms with Gasteiger partial charge in [0.1, 0.15) is 17.2 Å². The van der Waals surface area contributed by atoms with Crippen LogP contribution >= 0.6 is 0 Å². The van der Waals surface area contributed by atoms with Crippen molar-refractivity contribution in [2.75, 3.05) is 7.11 Å². The number of benzene rings is 2.